The van der Waals surface area contributed by atoms with Crippen LogP contribution in [0.15, 0.2) is 30.3 Å². The molecule has 0 aliphatic carbocycles. The molecule has 1 atom stereocenters. The van der Waals surface area contributed by atoms with Crippen molar-refractivity contribution < 1.29 is 9.53 Å². The van der Waals surface area contributed by atoms with Crippen LogP contribution in [0.2, 0.25) is 0 Å². The van der Waals surface area contributed by atoms with E-state index in [1.54, 1.807) is 7.11 Å². The Labute approximate surface area is 121 Å². The van der Waals surface area contributed by atoms with Gasteiger partial charge in [-0.3, -0.25) is 4.79 Å². The molecule has 1 unspecified atom stereocenters. The summed E-state index contributed by atoms with van der Waals surface area (Å²) in [4.78, 5) is 14.1. The van der Waals surface area contributed by atoms with E-state index in [2.05, 4.69) is 43.4 Å². The van der Waals surface area contributed by atoms with Gasteiger partial charge in [-0.25, -0.2) is 0 Å². The molecule has 1 fully saturated rings. The average molecular weight is 276 g/mol. The first kappa shape index (κ1) is 15.0. The third-order valence-electron chi connectivity index (χ3n) is 3.85. The van der Waals surface area contributed by atoms with E-state index in [-0.39, 0.29) is 18.1 Å². The monoisotopic (exact) mass is 276 g/mol. The van der Waals surface area contributed by atoms with Crippen molar-refractivity contribution in [2.24, 2.45) is 0 Å². The molecule has 1 aliphatic heterocycles. The Morgan fingerprint density at radius 1 is 1.40 bits per heavy atom. The second kappa shape index (κ2) is 6.37. The van der Waals surface area contributed by atoms with Crippen LogP contribution < -0.4 is 5.32 Å². The minimum absolute atomic E-state index is 0.0667. The average Bonchev–Trinajstić information content (AvgIpc) is 2.42. The van der Waals surface area contributed by atoms with Gasteiger partial charge in [0.25, 0.3) is 0 Å². The Kier molecular flexibility index (Phi) is 4.78. The highest BCUT2D eigenvalue weighted by Gasteiger charge is 2.36. The van der Waals surface area contributed by atoms with Crippen LogP contribution in [0.4, 0.5) is 0 Å². The first-order valence-corrected chi connectivity index (χ1v) is 7.09. The number of rotatable bonds is 4. The summed E-state index contributed by atoms with van der Waals surface area (Å²) in [5.74, 6) is 0.0667. The molecule has 4 nitrogen and oxygen atoms in total. The number of hydrogen-bond acceptors (Lipinski definition) is 3. The van der Waals surface area contributed by atoms with Crippen molar-refractivity contribution in [2.45, 2.75) is 31.8 Å². The number of amides is 1. The van der Waals surface area contributed by atoms with E-state index in [1.807, 2.05) is 11.0 Å². The summed E-state index contributed by atoms with van der Waals surface area (Å²) >= 11 is 0. The number of piperazine rings is 1. The lowest BCUT2D eigenvalue weighted by Crippen LogP contribution is -2.64. The fourth-order valence-corrected chi connectivity index (χ4v) is 2.70. The Hall–Kier alpha value is -1.39. The van der Waals surface area contributed by atoms with Crippen LogP contribution >= 0.6 is 0 Å². The summed E-state index contributed by atoms with van der Waals surface area (Å²) in [6.07, 6.45) is 0.938. The molecule has 0 aromatic heterocycles. The molecular weight excluding hydrogens is 252 g/mol. The molecule has 0 bridgehead atoms. The first-order valence-electron chi connectivity index (χ1n) is 7.09. The normalized spacial score (nSPS) is 21.8. The second-order valence-corrected chi connectivity index (χ2v) is 6.02. The number of carbonyl (C=O) groups excluding carboxylic acids is 1. The number of hydrogen-bond donors (Lipinski definition) is 1. The summed E-state index contributed by atoms with van der Waals surface area (Å²) in [5, 5.41) is 3.55. The van der Waals surface area contributed by atoms with Crippen molar-refractivity contribution in [3.63, 3.8) is 0 Å². The molecule has 2 rings (SSSR count). The summed E-state index contributed by atoms with van der Waals surface area (Å²) in [6.45, 7) is 5.87. The van der Waals surface area contributed by atoms with Gasteiger partial charge in [-0.1, -0.05) is 30.3 Å². The number of methoxy groups -OCH3 is 1. The van der Waals surface area contributed by atoms with E-state index in [4.69, 9.17) is 4.74 Å². The molecule has 1 aliphatic rings. The zero-order chi connectivity index (χ0) is 14.6. The van der Waals surface area contributed by atoms with Crippen LogP contribution in [0.3, 0.4) is 0 Å². The number of carbonyl (C=O) groups is 1. The van der Waals surface area contributed by atoms with Crippen LogP contribution in [0.1, 0.15) is 19.4 Å². The lowest BCUT2D eigenvalue weighted by Gasteiger charge is -2.46. The van der Waals surface area contributed by atoms with Gasteiger partial charge in [0.2, 0.25) is 5.91 Å². The zero-order valence-electron chi connectivity index (χ0n) is 12.6. The molecular formula is C16H24N2O2. The van der Waals surface area contributed by atoms with Crippen LogP contribution in [-0.4, -0.2) is 49.2 Å². The third-order valence-corrected chi connectivity index (χ3v) is 3.85. The van der Waals surface area contributed by atoms with Gasteiger partial charge in [-0.15, -0.1) is 0 Å². The van der Waals surface area contributed by atoms with E-state index in [0.717, 1.165) is 19.5 Å². The molecule has 1 heterocycles. The first-order chi connectivity index (χ1) is 9.53. The van der Waals surface area contributed by atoms with Gasteiger partial charge in [0.15, 0.2) is 0 Å². The molecule has 1 saturated heterocycles. The topological polar surface area (TPSA) is 41.6 Å². The Morgan fingerprint density at radius 3 is 2.75 bits per heavy atom. The maximum absolute atomic E-state index is 12.2. The molecule has 110 valence electrons. The molecule has 20 heavy (non-hydrogen) atoms. The fraction of sp³-hybridized carbons (Fsp3) is 0.562. The van der Waals surface area contributed by atoms with Gasteiger partial charge >= 0.3 is 0 Å². The Morgan fingerprint density at radius 2 is 2.10 bits per heavy atom. The van der Waals surface area contributed by atoms with Crippen LogP contribution in [0.5, 0.6) is 0 Å². The van der Waals surface area contributed by atoms with E-state index in [9.17, 15) is 4.79 Å². The number of nitrogens with one attached hydrogen (secondary N) is 1. The molecule has 1 amide bonds. The number of benzene rings is 1. The Balaban J connectivity index is 2.02. The molecule has 1 aromatic carbocycles. The molecule has 0 radical (unpaired) electrons. The molecule has 0 saturated carbocycles. The van der Waals surface area contributed by atoms with Crippen molar-refractivity contribution in [3.05, 3.63) is 35.9 Å². The summed E-state index contributed by atoms with van der Waals surface area (Å²) in [7, 11) is 1.56. The van der Waals surface area contributed by atoms with E-state index in [0.29, 0.717) is 6.04 Å². The van der Waals surface area contributed by atoms with Crippen molar-refractivity contribution in [3.8, 4) is 0 Å². The summed E-state index contributed by atoms with van der Waals surface area (Å²) in [6, 6.07) is 10.7. The lowest BCUT2D eigenvalue weighted by molar-refractivity contribution is -0.142. The largest absolute Gasteiger partial charge is 0.375 e. The lowest BCUT2D eigenvalue weighted by atomic mass is 9.94. The van der Waals surface area contributed by atoms with Crippen molar-refractivity contribution in [2.75, 3.05) is 26.8 Å². The van der Waals surface area contributed by atoms with Crippen molar-refractivity contribution in [1.82, 2.24) is 10.2 Å². The van der Waals surface area contributed by atoms with E-state index < -0.39 is 0 Å². The molecule has 0 spiro atoms. The quantitative estimate of drug-likeness (QED) is 0.905. The fourth-order valence-electron chi connectivity index (χ4n) is 2.70. The third kappa shape index (κ3) is 3.58. The smallest absolute Gasteiger partial charge is 0.249 e. The predicted molar refractivity (Wildman–Crippen MR) is 79.6 cm³/mol. The molecule has 1 aromatic rings. The standard InChI is InChI=1S/C16H24N2O2/c1-16(2)12-17-14(9-13-7-5-4-6-8-13)10-18(16)15(19)11-20-3/h4-8,14,17H,9-12H2,1-3H3. The number of ether oxygens (including phenoxy) is 1. The highest BCUT2D eigenvalue weighted by Crippen LogP contribution is 2.20. The van der Waals surface area contributed by atoms with Crippen molar-refractivity contribution in [1.29, 1.82) is 0 Å². The van der Waals surface area contributed by atoms with Gasteiger partial charge in [-0.2, -0.15) is 0 Å². The van der Waals surface area contributed by atoms with Gasteiger partial charge in [0.05, 0.1) is 0 Å². The SMILES string of the molecule is COCC(=O)N1CC(Cc2ccccc2)NCC1(C)C. The van der Waals surface area contributed by atoms with Gasteiger partial charge in [0.1, 0.15) is 6.61 Å². The van der Waals surface area contributed by atoms with Gasteiger partial charge in [0, 0.05) is 31.8 Å². The van der Waals surface area contributed by atoms with Gasteiger partial charge in [-0.05, 0) is 25.8 Å². The summed E-state index contributed by atoms with van der Waals surface area (Å²) in [5.41, 5.74) is 1.13. The van der Waals surface area contributed by atoms with Gasteiger partial charge < -0.3 is 15.0 Å². The zero-order valence-corrected chi connectivity index (χ0v) is 12.6. The molecule has 4 heteroatoms. The minimum Gasteiger partial charge on any atom is -0.375 e. The highest BCUT2D eigenvalue weighted by atomic mass is 16.5. The summed E-state index contributed by atoms with van der Waals surface area (Å²) < 4.78 is 4.99. The Bertz CT molecular complexity index is 445. The highest BCUT2D eigenvalue weighted by molar-refractivity contribution is 5.78. The van der Waals surface area contributed by atoms with Crippen LogP contribution in [-0.2, 0) is 16.0 Å². The second-order valence-electron chi connectivity index (χ2n) is 6.02. The van der Waals surface area contributed by atoms with Crippen molar-refractivity contribution >= 4 is 5.91 Å². The predicted octanol–water partition coefficient (Wildman–Crippen LogP) is 1.45. The maximum atomic E-state index is 12.2. The van der Waals surface area contributed by atoms with E-state index >= 15 is 0 Å². The van der Waals surface area contributed by atoms with Crippen LogP contribution in [0, 0.1) is 0 Å². The van der Waals surface area contributed by atoms with Crippen LogP contribution in [0.25, 0.3) is 0 Å². The minimum atomic E-state index is -0.164. The molecule has 1 N–H and O–H groups in total. The van der Waals surface area contributed by atoms with E-state index in [1.165, 1.54) is 5.56 Å². The maximum Gasteiger partial charge on any atom is 0.249 e. The number of nitrogens with zero attached hydrogens (tertiary/aromatic N) is 1.